The molecule has 0 spiro atoms. The first-order chi connectivity index (χ1) is 8.84. The van der Waals surface area contributed by atoms with Gasteiger partial charge in [0.25, 0.3) is 0 Å². The molecule has 1 atom stereocenters. The van der Waals surface area contributed by atoms with Gasteiger partial charge >= 0.3 is 0 Å². The number of nitrogens with one attached hydrogen (secondary N) is 1. The predicted octanol–water partition coefficient (Wildman–Crippen LogP) is 3.17. The van der Waals surface area contributed by atoms with Crippen molar-refractivity contribution >= 4 is 17.4 Å². The second-order valence-electron chi connectivity index (χ2n) is 5.44. The van der Waals surface area contributed by atoms with Crippen LogP contribution in [0.2, 0.25) is 0 Å². The zero-order valence-electron chi connectivity index (χ0n) is 10.7. The van der Waals surface area contributed by atoms with E-state index in [1.54, 1.807) is 6.33 Å². The Morgan fingerprint density at radius 1 is 1.22 bits per heavy atom. The molecule has 0 aromatic carbocycles. The highest BCUT2D eigenvalue weighted by Gasteiger charge is 2.29. The average molecular weight is 266 g/mol. The average Bonchev–Trinajstić information content (AvgIpc) is 3.21. The lowest BCUT2D eigenvalue weighted by Crippen LogP contribution is -2.18. The van der Waals surface area contributed by atoms with Crippen molar-refractivity contribution < 1.29 is 0 Å². The van der Waals surface area contributed by atoms with Crippen LogP contribution in [0.15, 0.2) is 6.33 Å². The van der Waals surface area contributed by atoms with Gasteiger partial charge < -0.3 is 5.32 Å². The molecule has 0 amide bonds. The highest BCUT2D eigenvalue weighted by atomic mass is 35.5. The molecule has 1 aromatic heterocycles. The number of alkyl halides is 1. The Morgan fingerprint density at radius 3 is 2.89 bits per heavy atom. The SMILES string of the molecule is ClC(CNc1ncnc2c1CCCCC2)C1CC1. The standard InChI is InChI=1S/C14H20ClN3/c15-12(10-6-7-10)8-16-14-11-4-2-1-3-5-13(11)17-9-18-14/h9-10,12H,1-8H2,(H,16,17,18). The van der Waals surface area contributed by atoms with Crippen LogP contribution >= 0.6 is 11.6 Å². The molecule has 0 bridgehead atoms. The lowest BCUT2D eigenvalue weighted by Gasteiger charge is -2.14. The van der Waals surface area contributed by atoms with E-state index < -0.39 is 0 Å². The van der Waals surface area contributed by atoms with E-state index in [9.17, 15) is 0 Å². The Labute approximate surface area is 113 Å². The summed E-state index contributed by atoms with van der Waals surface area (Å²) in [7, 11) is 0. The minimum atomic E-state index is 0.251. The zero-order chi connectivity index (χ0) is 12.4. The molecule has 18 heavy (non-hydrogen) atoms. The molecule has 1 saturated carbocycles. The normalized spacial score (nSPS) is 20.9. The summed E-state index contributed by atoms with van der Waals surface area (Å²) in [6.45, 7) is 0.829. The van der Waals surface area contributed by atoms with Crippen molar-refractivity contribution in [3.63, 3.8) is 0 Å². The van der Waals surface area contributed by atoms with E-state index in [0.717, 1.165) is 31.1 Å². The van der Waals surface area contributed by atoms with Crippen LogP contribution < -0.4 is 5.32 Å². The molecule has 3 rings (SSSR count). The fourth-order valence-corrected chi connectivity index (χ4v) is 3.00. The van der Waals surface area contributed by atoms with Crippen LogP contribution in [0.25, 0.3) is 0 Å². The summed E-state index contributed by atoms with van der Waals surface area (Å²) in [6, 6.07) is 0. The van der Waals surface area contributed by atoms with E-state index in [-0.39, 0.29) is 5.38 Å². The van der Waals surface area contributed by atoms with Gasteiger partial charge in [0.05, 0.1) is 5.38 Å². The van der Waals surface area contributed by atoms with Gasteiger partial charge in [-0.3, -0.25) is 0 Å². The Bertz CT molecular complexity index is 418. The third-order valence-corrected chi connectivity index (χ3v) is 4.48. The van der Waals surface area contributed by atoms with Crippen LogP contribution in [0, 0.1) is 5.92 Å². The van der Waals surface area contributed by atoms with Crippen LogP contribution in [-0.2, 0) is 12.8 Å². The number of nitrogens with zero attached hydrogens (tertiary/aromatic N) is 2. The van der Waals surface area contributed by atoms with E-state index in [1.807, 2.05) is 0 Å². The molecular weight excluding hydrogens is 246 g/mol. The molecule has 0 saturated heterocycles. The van der Waals surface area contributed by atoms with Crippen LogP contribution in [0.4, 0.5) is 5.82 Å². The van der Waals surface area contributed by atoms with Gasteiger partial charge in [0.1, 0.15) is 12.1 Å². The van der Waals surface area contributed by atoms with Crippen LogP contribution in [0.5, 0.6) is 0 Å². The quantitative estimate of drug-likeness (QED) is 0.671. The Hall–Kier alpha value is -0.830. The molecule has 1 fully saturated rings. The maximum atomic E-state index is 6.34. The van der Waals surface area contributed by atoms with Crippen LogP contribution in [0.1, 0.15) is 43.4 Å². The molecule has 2 aliphatic carbocycles. The predicted molar refractivity (Wildman–Crippen MR) is 74.1 cm³/mol. The Balaban J connectivity index is 1.70. The molecule has 98 valence electrons. The minimum Gasteiger partial charge on any atom is -0.368 e. The van der Waals surface area contributed by atoms with Gasteiger partial charge in [-0.15, -0.1) is 11.6 Å². The molecule has 1 unspecified atom stereocenters. The zero-order valence-corrected chi connectivity index (χ0v) is 11.4. The molecule has 1 N–H and O–H groups in total. The maximum Gasteiger partial charge on any atom is 0.132 e. The maximum absolute atomic E-state index is 6.34. The van der Waals surface area contributed by atoms with E-state index in [0.29, 0.717) is 0 Å². The molecule has 0 aliphatic heterocycles. The van der Waals surface area contributed by atoms with E-state index in [4.69, 9.17) is 11.6 Å². The third-order valence-electron chi connectivity index (χ3n) is 3.97. The summed E-state index contributed by atoms with van der Waals surface area (Å²) in [6.07, 6.45) is 10.3. The summed E-state index contributed by atoms with van der Waals surface area (Å²) < 4.78 is 0. The van der Waals surface area contributed by atoms with Gasteiger partial charge in [0.2, 0.25) is 0 Å². The first-order valence-corrected chi connectivity index (χ1v) is 7.49. The van der Waals surface area contributed by atoms with Crippen molar-refractivity contribution in [2.45, 2.75) is 50.3 Å². The molecule has 2 aliphatic rings. The number of hydrogen-bond acceptors (Lipinski definition) is 3. The summed E-state index contributed by atoms with van der Waals surface area (Å²) in [5.41, 5.74) is 2.57. The number of rotatable bonds is 4. The number of anilines is 1. The summed E-state index contributed by atoms with van der Waals surface area (Å²) in [5.74, 6) is 1.74. The molecule has 1 aromatic rings. The number of fused-ring (bicyclic) bond motifs is 1. The van der Waals surface area contributed by atoms with Crippen LogP contribution in [0.3, 0.4) is 0 Å². The fourth-order valence-electron chi connectivity index (χ4n) is 2.67. The van der Waals surface area contributed by atoms with Gasteiger partial charge in [0, 0.05) is 17.8 Å². The third kappa shape index (κ3) is 2.77. The van der Waals surface area contributed by atoms with E-state index in [2.05, 4.69) is 15.3 Å². The number of aryl methyl sites for hydroxylation is 1. The summed E-state index contributed by atoms with van der Waals surface area (Å²) in [4.78, 5) is 8.83. The Morgan fingerprint density at radius 2 is 2.06 bits per heavy atom. The van der Waals surface area contributed by atoms with Crippen molar-refractivity contribution in [1.82, 2.24) is 9.97 Å². The first kappa shape index (κ1) is 12.2. The van der Waals surface area contributed by atoms with Crippen LogP contribution in [-0.4, -0.2) is 21.9 Å². The van der Waals surface area contributed by atoms with Gasteiger partial charge in [-0.05, 0) is 44.4 Å². The minimum absolute atomic E-state index is 0.251. The number of aromatic nitrogens is 2. The van der Waals surface area contributed by atoms with E-state index >= 15 is 0 Å². The lowest BCUT2D eigenvalue weighted by atomic mass is 10.1. The molecule has 0 radical (unpaired) electrons. The Kier molecular flexibility index (Phi) is 3.69. The molecule has 1 heterocycles. The van der Waals surface area contributed by atoms with Crippen molar-refractivity contribution in [3.05, 3.63) is 17.6 Å². The van der Waals surface area contributed by atoms with Gasteiger partial charge in [-0.2, -0.15) is 0 Å². The second-order valence-corrected chi connectivity index (χ2v) is 6.00. The highest BCUT2D eigenvalue weighted by molar-refractivity contribution is 6.21. The second kappa shape index (κ2) is 5.43. The van der Waals surface area contributed by atoms with Crippen molar-refractivity contribution in [3.8, 4) is 0 Å². The largest absolute Gasteiger partial charge is 0.368 e. The molecule has 3 nitrogen and oxygen atoms in total. The van der Waals surface area contributed by atoms with Gasteiger partial charge in [-0.25, -0.2) is 9.97 Å². The van der Waals surface area contributed by atoms with Crippen molar-refractivity contribution in [2.75, 3.05) is 11.9 Å². The first-order valence-electron chi connectivity index (χ1n) is 7.05. The molecule has 4 heteroatoms. The topological polar surface area (TPSA) is 37.8 Å². The van der Waals surface area contributed by atoms with Gasteiger partial charge in [-0.1, -0.05) is 6.42 Å². The summed E-state index contributed by atoms with van der Waals surface area (Å²) in [5, 5.41) is 3.69. The molecular formula is C14H20ClN3. The van der Waals surface area contributed by atoms with Gasteiger partial charge in [0.15, 0.2) is 0 Å². The monoisotopic (exact) mass is 265 g/mol. The number of halogens is 1. The van der Waals surface area contributed by atoms with Crippen molar-refractivity contribution in [2.24, 2.45) is 5.92 Å². The summed E-state index contributed by atoms with van der Waals surface area (Å²) >= 11 is 6.34. The van der Waals surface area contributed by atoms with E-state index in [1.165, 1.54) is 43.4 Å². The fraction of sp³-hybridized carbons (Fsp3) is 0.714. The van der Waals surface area contributed by atoms with Crippen molar-refractivity contribution in [1.29, 1.82) is 0 Å². The smallest absolute Gasteiger partial charge is 0.132 e. The lowest BCUT2D eigenvalue weighted by molar-refractivity contribution is 0.708. The highest BCUT2D eigenvalue weighted by Crippen LogP contribution is 2.35. The number of hydrogen-bond donors (Lipinski definition) is 1.